The van der Waals surface area contributed by atoms with Gasteiger partial charge in [0, 0.05) is 13.2 Å². The van der Waals surface area contributed by atoms with Gasteiger partial charge in [0.25, 0.3) is 0 Å². The Morgan fingerprint density at radius 1 is 1.29 bits per heavy atom. The lowest BCUT2D eigenvalue weighted by atomic mass is 10.0. The Kier molecular flexibility index (Phi) is 3.59. The molecule has 2 rings (SSSR count). The molecule has 0 bridgehead atoms. The Morgan fingerprint density at radius 3 is 2.53 bits per heavy atom. The van der Waals surface area contributed by atoms with E-state index in [-0.39, 0.29) is 0 Å². The fraction of sp³-hybridized carbons (Fsp3) is 0.357. The van der Waals surface area contributed by atoms with Gasteiger partial charge in [-0.2, -0.15) is 0 Å². The summed E-state index contributed by atoms with van der Waals surface area (Å²) in [6.07, 6.45) is 4.75. The van der Waals surface area contributed by atoms with Crippen LogP contribution in [0.2, 0.25) is 0 Å². The normalized spacial score (nSPS) is 12.6. The summed E-state index contributed by atoms with van der Waals surface area (Å²) in [5, 5.41) is 3.35. The minimum Gasteiger partial charge on any atom is -0.336 e. The van der Waals surface area contributed by atoms with Gasteiger partial charge < -0.3 is 9.88 Å². The monoisotopic (exact) mass is 229 g/mol. The summed E-state index contributed by atoms with van der Waals surface area (Å²) in [7, 11) is 4.02. The molecule has 0 fully saturated rings. The molecule has 1 N–H and O–H groups in total. The molecule has 3 heteroatoms. The molecule has 0 aliphatic heterocycles. The molecule has 2 aromatic rings. The van der Waals surface area contributed by atoms with E-state index < -0.39 is 0 Å². The Bertz CT molecular complexity index is 470. The number of likely N-dealkylation sites (N-methyl/N-ethyl adjacent to an activating group) is 1. The van der Waals surface area contributed by atoms with Crippen molar-refractivity contribution in [2.24, 2.45) is 7.05 Å². The fourth-order valence-electron chi connectivity index (χ4n) is 2.02. The maximum atomic E-state index is 4.17. The van der Waals surface area contributed by atoms with E-state index in [9.17, 15) is 0 Å². The Hall–Kier alpha value is -1.61. The summed E-state index contributed by atoms with van der Waals surface area (Å²) in [5.41, 5.74) is 3.86. The summed E-state index contributed by atoms with van der Waals surface area (Å²) < 4.78 is 2.06. The number of hydrogen-bond donors (Lipinski definition) is 1. The first-order valence-corrected chi connectivity index (χ1v) is 5.89. The largest absolute Gasteiger partial charge is 0.336 e. The van der Waals surface area contributed by atoms with Crippen LogP contribution in [0.1, 0.15) is 22.9 Å². The molecule has 1 heterocycles. The first-order chi connectivity index (χ1) is 8.20. The SMILES string of the molecule is CNC(Cc1ccc(C)cc1)c1cncn1C. The molecule has 1 aromatic heterocycles. The molecule has 3 nitrogen and oxygen atoms in total. The number of aromatic nitrogens is 2. The molecule has 0 amide bonds. The van der Waals surface area contributed by atoms with Crippen LogP contribution in [0.5, 0.6) is 0 Å². The van der Waals surface area contributed by atoms with Gasteiger partial charge in [0.05, 0.1) is 18.1 Å². The summed E-state index contributed by atoms with van der Waals surface area (Å²) >= 11 is 0. The maximum Gasteiger partial charge on any atom is 0.0946 e. The van der Waals surface area contributed by atoms with Gasteiger partial charge in [0.1, 0.15) is 0 Å². The molecule has 1 atom stereocenters. The highest BCUT2D eigenvalue weighted by molar-refractivity contribution is 5.23. The lowest BCUT2D eigenvalue weighted by Gasteiger charge is -2.16. The summed E-state index contributed by atoms with van der Waals surface area (Å²) in [6.45, 7) is 2.11. The molecule has 0 aliphatic rings. The Morgan fingerprint density at radius 2 is 2.00 bits per heavy atom. The van der Waals surface area contributed by atoms with Crippen molar-refractivity contribution in [1.29, 1.82) is 0 Å². The van der Waals surface area contributed by atoms with Gasteiger partial charge in [-0.3, -0.25) is 0 Å². The maximum absolute atomic E-state index is 4.17. The Labute approximate surface area is 103 Å². The molecule has 0 spiro atoms. The topological polar surface area (TPSA) is 29.9 Å². The summed E-state index contributed by atoms with van der Waals surface area (Å²) in [4.78, 5) is 4.17. The highest BCUT2D eigenvalue weighted by atomic mass is 15.1. The number of benzene rings is 1. The average molecular weight is 229 g/mol. The van der Waals surface area contributed by atoms with Crippen LogP contribution >= 0.6 is 0 Å². The van der Waals surface area contributed by atoms with E-state index in [1.165, 1.54) is 16.8 Å². The number of imidazole rings is 1. The third kappa shape index (κ3) is 2.74. The van der Waals surface area contributed by atoms with Gasteiger partial charge in [-0.25, -0.2) is 4.98 Å². The van der Waals surface area contributed by atoms with Gasteiger partial charge in [-0.05, 0) is 26.0 Å². The van der Waals surface area contributed by atoms with E-state index in [0.29, 0.717) is 6.04 Å². The van der Waals surface area contributed by atoms with Crippen molar-refractivity contribution in [3.05, 3.63) is 53.6 Å². The van der Waals surface area contributed by atoms with E-state index in [1.54, 1.807) is 0 Å². The number of rotatable bonds is 4. The van der Waals surface area contributed by atoms with Gasteiger partial charge in [0.2, 0.25) is 0 Å². The van der Waals surface area contributed by atoms with Crippen LogP contribution in [0, 0.1) is 6.92 Å². The van der Waals surface area contributed by atoms with Gasteiger partial charge in [-0.15, -0.1) is 0 Å². The predicted molar refractivity (Wildman–Crippen MR) is 69.9 cm³/mol. The van der Waals surface area contributed by atoms with Crippen molar-refractivity contribution in [2.45, 2.75) is 19.4 Å². The standard InChI is InChI=1S/C14H19N3/c1-11-4-6-12(7-5-11)8-13(15-2)14-9-16-10-17(14)3/h4-7,9-10,13,15H,8H2,1-3H3. The molecule has 17 heavy (non-hydrogen) atoms. The number of hydrogen-bond acceptors (Lipinski definition) is 2. The molecule has 0 radical (unpaired) electrons. The molecule has 0 saturated carbocycles. The zero-order valence-corrected chi connectivity index (χ0v) is 10.6. The van der Waals surface area contributed by atoms with E-state index >= 15 is 0 Å². The van der Waals surface area contributed by atoms with Crippen molar-refractivity contribution in [3.8, 4) is 0 Å². The summed E-state index contributed by atoms with van der Waals surface area (Å²) in [6, 6.07) is 9.01. The quantitative estimate of drug-likeness (QED) is 0.871. The fourth-order valence-corrected chi connectivity index (χ4v) is 2.02. The summed E-state index contributed by atoms with van der Waals surface area (Å²) in [5.74, 6) is 0. The highest BCUT2D eigenvalue weighted by Gasteiger charge is 2.13. The predicted octanol–water partition coefficient (Wildman–Crippen LogP) is 2.23. The van der Waals surface area contributed by atoms with Crippen molar-refractivity contribution < 1.29 is 0 Å². The molecule has 1 unspecified atom stereocenters. The molecule has 90 valence electrons. The Balaban J connectivity index is 2.16. The van der Waals surface area contributed by atoms with Crippen molar-refractivity contribution >= 4 is 0 Å². The van der Waals surface area contributed by atoms with Crippen molar-refractivity contribution in [3.63, 3.8) is 0 Å². The zero-order chi connectivity index (χ0) is 12.3. The van der Waals surface area contributed by atoms with Crippen molar-refractivity contribution in [1.82, 2.24) is 14.9 Å². The van der Waals surface area contributed by atoms with Crippen LogP contribution in [0.25, 0.3) is 0 Å². The number of nitrogens with zero attached hydrogens (tertiary/aromatic N) is 2. The van der Waals surface area contributed by atoms with E-state index in [2.05, 4.69) is 46.1 Å². The van der Waals surface area contributed by atoms with Crippen molar-refractivity contribution in [2.75, 3.05) is 7.05 Å². The average Bonchev–Trinajstić information content (AvgIpc) is 2.75. The zero-order valence-electron chi connectivity index (χ0n) is 10.6. The second-order valence-corrected chi connectivity index (χ2v) is 4.46. The number of nitrogens with one attached hydrogen (secondary N) is 1. The van der Waals surface area contributed by atoms with Crippen LogP contribution in [-0.4, -0.2) is 16.6 Å². The minimum absolute atomic E-state index is 0.310. The van der Waals surface area contributed by atoms with Crippen LogP contribution in [0.3, 0.4) is 0 Å². The third-order valence-electron chi connectivity index (χ3n) is 3.12. The lowest BCUT2D eigenvalue weighted by Crippen LogP contribution is -2.21. The van der Waals surface area contributed by atoms with E-state index in [0.717, 1.165) is 6.42 Å². The smallest absolute Gasteiger partial charge is 0.0946 e. The second-order valence-electron chi connectivity index (χ2n) is 4.46. The first-order valence-electron chi connectivity index (χ1n) is 5.89. The third-order valence-corrected chi connectivity index (χ3v) is 3.12. The van der Waals surface area contributed by atoms with E-state index in [1.807, 2.05) is 26.6 Å². The molecular weight excluding hydrogens is 210 g/mol. The highest BCUT2D eigenvalue weighted by Crippen LogP contribution is 2.17. The molecular formula is C14H19N3. The van der Waals surface area contributed by atoms with Gasteiger partial charge >= 0.3 is 0 Å². The molecule has 0 aliphatic carbocycles. The van der Waals surface area contributed by atoms with Crippen LogP contribution in [-0.2, 0) is 13.5 Å². The molecule has 0 saturated heterocycles. The molecule has 1 aromatic carbocycles. The van der Waals surface area contributed by atoms with Gasteiger partial charge in [-0.1, -0.05) is 29.8 Å². The second kappa shape index (κ2) is 5.15. The van der Waals surface area contributed by atoms with Crippen LogP contribution in [0.4, 0.5) is 0 Å². The lowest BCUT2D eigenvalue weighted by molar-refractivity contribution is 0.555. The first kappa shape index (κ1) is 11.9. The van der Waals surface area contributed by atoms with Crippen LogP contribution < -0.4 is 5.32 Å². The number of aryl methyl sites for hydroxylation is 2. The van der Waals surface area contributed by atoms with Crippen LogP contribution in [0.15, 0.2) is 36.8 Å². The van der Waals surface area contributed by atoms with Gasteiger partial charge in [0.15, 0.2) is 0 Å². The van der Waals surface area contributed by atoms with E-state index in [4.69, 9.17) is 0 Å². The minimum atomic E-state index is 0.310.